The molecule has 6 heteroatoms. The first-order valence-corrected chi connectivity index (χ1v) is 10.3. The van der Waals surface area contributed by atoms with E-state index in [4.69, 9.17) is 28.4 Å². The van der Waals surface area contributed by atoms with E-state index in [1.807, 2.05) is 0 Å². The quantitative estimate of drug-likeness (QED) is 0.224. The zero-order chi connectivity index (χ0) is 19.3. The van der Waals surface area contributed by atoms with Gasteiger partial charge in [-0.1, -0.05) is 34.1 Å². The van der Waals surface area contributed by atoms with Gasteiger partial charge >= 0.3 is 0 Å². The lowest BCUT2D eigenvalue weighted by Crippen LogP contribution is -2.28. The van der Waals surface area contributed by atoms with E-state index in [2.05, 4.69) is 27.7 Å². The van der Waals surface area contributed by atoms with Gasteiger partial charge in [-0.25, -0.2) is 0 Å². The summed E-state index contributed by atoms with van der Waals surface area (Å²) in [6, 6.07) is 0. The lowest BCUT2D eigenvalue weighted by Gasteiger charge is -2.24. The van der Waals surface area contributed by atoms with Crippen molar-refractivity contribution in [1.82, 2.24) is 0 Å². The molecule has 0 bridgehead atoms. The third kappa shape index (κ3) is 17.2. The highest BCUT2D eigenvalue weighted by atomic mass is 16.7. The molecule has 0 N–H and O–H groups in total. The molecule has 0 aromatic rings. The van der Waals surface area contributed by atoms with E-state index in [0.29, 0.717) is 58.8 Å². The topological polar surface area (TPSA) is 55.4 Å². The van der Waals surface area contributed by atoms with Crippen molar-refractivity contribution in [3.8, 4) is 0 Å². The first-order valence-electron chi connectivity index (χ1n) is 10.3. The van der Waals surface area contributed by atoms with Crippen LogP contribution >= 0.6 is 0 Å². The van der Waals surface area contributed by atoms with Crippen LogP contribution in [0, 0.1) is 5.92 Å². The molecule has 0 aromatic carbocycles. The molecule has 0 aliphatic rings. The zero-order valence-electron chi connectivity index (χ0n) is 17.5. The fraction of sp³-hybridized carbons (Fsp3) is 1.00. The Morgan fingerprint density at radius 2 is 0.885 bits per heavy atom. The van der Waals surface area contributed by atoms with Gasteiger partial charge in [0.15, 0.2) is 6.29 Å². The van der Waals surface area contributed by atoms with Crippen molar-refractivity contribution in [1.29, 1.82) is 0 Å². The Bertz CT molecular complexity index is 245. The molecule has 0 spiro atoms. The molecule has 0 heterocycles. The van der Waals surface area contributed by atoms with Crippen molar-refractivity contribution in [2.24, 2.45) is 5.92 Å². The van der Waals surface area contributed by atoms with Gasteiger partial charge in [0, 0.05) is 19.1 Å². The van der Waals surface area contributed by atoms with Crippen molar-refractivity contribution in [2.75, 3.05) is 66.1 Å². The molecule has 0 saturated heterocycles. The predicted molar refractivity (Wildman–Crippen MR) is 104 cm³/mol. The Morgan fingerprint density at radius 3 is 1.27 bits per heavy atom. The fourth-order valence-corrected chi connectivity index (χ4v) is 2.35. The Kier molecular flexibility index (Phi) is 20.9. The van der Waals surface area contributed by atoms with Gasteiger partial charge in [0.1, 0.15) is 0 Å². The highest BCUT2D eigenvalue weighted by molar-refractivity contribution is 4.57. The molecule has 0 rings (SSSR count). The summed E-state index contributed by atoms with van der Waals surface area (Å²) in [5.41, 5.74) is 0. The smallest absolute Gasteiger partial charge is 0.160 e. The maximum absolute atomic E-state index is 5.88. The predicted octanol–water partition coefficient (Wildman–Crippen LogP) is 3.67. The van der Waals surface area contributed by atoms with Crippen LogP contribution in [-0.4, -0.2) is 72.4 Å². The first-order chi connectivity index (χ1) is 12.8. The number of ether oxygens (including phenoxy) is 6. The second-order valence-corrected chi connectivity index (χ2v) is 6.33. The van der Waals surface area contributed by atoms with Crippen molar-refractivity contribution >= 4 is 0 Å². The minimum atomic E-state index is -0.213. The molecule has 0 fully saturated rings. The van der Waals surface area contributed by atoms with Crippen LogP contribution in [0.5, 0.6) is 0 Å². The Morgan fingerprint density at radius 1 is 0.500 bits per heavy atom. The second-order valence-electron chi connectivity index (χ2n) is 6.33. The molecule has 26 heavy (non-hydrogen) atoms. The van der Waals surface area contributed by atoms with E-state index >= 15 is 0 Å². The van der Waals surface area contributed by atoms with Gasteiger partial charge in [0.25, 0.3) is 0 Å². The summed E-state index contributed by atoms with van der Waals surface area (Å²) in [5.74, 6) is 0.348. The molecule has 158 valence electrons. The van der Waals surface area contributed by atoms with Crippen molar-refractivity contribution in [2.45, 2.75) is 59.7 Å². The van der Waals surface area contributed by atoms with Crippen LogP contribution in [0.1, 0.15) is 53.4 Å². The van der Waals surface area contributed by atoms with Gasteiger partial charge in [-0.2, -0.15) is 0 Å². The van der Waals surface area contributed by atoms with Crippen LogP contribution in [0.15, 0.2) is 0 Å². The highest BCUT2D eigenvalue weighted by Crippen LogP contribution is 2.15. The summed E-state index contributed by atoms with van der Waals surface area (Å²) in [6.07, 6.45) is 4.04. The molecule has 6 nitrogen and oxygen atoms in total. The zero-order valence-corrected chi connectivity index (χ0v) is 17.5. The monoisotopic (exact) mass is 378 g/mol. The van der Waals surface area contributed by atoms with Crippen LogP contribution in [0.3, 0.4) is 0 Å². The van der Waals surface area contributed by atoms with E-state index in [1.54, 1.807) is 0 Å². The molecule has 1 unspecified atom stereocenters. The molecular formula is C20H42O6. The standard InChI is InChI=1S/C20H42O6/c1-5-8-19(4)20(25-17-15-23-13-11-21-9-6-2)26-18-16-24-14-12-22-10-7-3/h19-20H,5-18H2,1-4H3. The van der Waals surface area contributed by atoms with Crippen molar-refractivity contribution < 1.29 is 28.4 Å². The Labute approximate surface area is 160 Å². The fourth-order valence-electron chi connectivity index (χ4n) is 2.35. The van der Waals surface area contributed by atoms with Gasteiger partial charge in [-0.3, -0.25) is 0 Å². The minimum absolute atomic E-state index is 0.213. The summed E-state index contributed by atoms with van der Waals surface area (Å²) < 4.78 is 33.5. The maximum atomic E-state index is 5.88. The summed E-state index contributed by atoms with van der Waals surface area (Å²) in [7, 11) is 0. The lowest BCUT2D eigenvalue weighted by atomic mass is 10.1. The number of hydrogen-bond acceptors (Lipinski definition) is 6. The Balaban J connectivity index is 3.74. The van der Waals surface area contributed by atoms with E-state index in [-0.39, 0.29) is 6.29 Å². The summed E-state index contributed by atoms with van der Waals surface area (Å²) in [5, 5.41) is 0. The van der Waals surface area contributed by atoms with Crippen molar-refractivity contribution in [3.05, 3.63) is 0 Å². The van der Waals surface area contributed by atoms with Gasteiger partial charge in [-0.15, -0.1) is 0 Å². The van der Waals surface area contributed by atoms with Crippen LogP contribution in [0.4, 0.5) is 0 Å². The molecule has 0 aliphatic carbocycles. The maximum Gasteiger partial charge on any atom is 0.160 e. The number of hydrogen-bond donors (Lipinski definition) is 0. The molecule has 0 amide bonds. The minimum Gasteiger partial charge on any atom is -0.379 e. The van der Waals surface area contributed by atoms with Crippen LogP contribution < -0.4 is 0 Å². The number of rotatable bonds is 21. The first kappa shape index (κ1) is 25.8. The van der Waals surface area contributed by atoms with Gasteiger partial charge < -0.3 is 28.4 Å². The van der Waals surface area contributed by atoms with Gasteiger partial charge in [-0.05, 0) is 19.3 Å². The Hall–Kier alpha value is -0.240. The molecule has 1 atom stereocenters. The lowest BCUT2D eigenvalue weighted by molar-refractivity contribution is -0.183. The molecule has 0 radical (unpaired) electrons. The van der Waals surface area contributed by atoms with E-state index in [0.717, 1.165) is 38.9 Å². The summed E-state index contributed by atoms with van der Waals surface area (Å²) in [6.45, 7) is 14.7. The van der Waals surface area contributed by atoms with Crippen molar-refractivity contribution in [3.63, 3.8) is 0 Å². The average molecular weight is 379 g/mol. The van der Waals surface area contributed by atoms with E-state index < -0.39 is 0 Å². The van der Waals surface area contributed by atoms with E-state index in [9.17, 15) is 0 Å². The van der Waals surface area contributed by atoms with Gasteiger partial charge in [0.05, 0.1) is 52.9 Å². The van der Waals surface area contributed by atoms with Crippen LogP contribution in [0.2, 0.25) is 0 Å². The largest absolute Gasteiger partial charge is 0.379 e. The van der Waals surface area contributed by atoms with Crippen LogP contribution in [0.25, 0.3) is 0 Å². The third-order valence-electron chi connectivity index (χ3n) is 3.67. The molecule has 0 aromatic heterocycles. The molecule has 0 saturated carbocycles. The molecular weight excluding hydrogens is 336 g/mol. The average Bonchev–Trinajstić information content (AvgIpc) is 2.64. The summed E-state index contributed by atoms with van der Waals surface area (Å²) in [4.78, 5) is 0. The SMILES string of the molecule is CCCOCCOCCOC(OCCOCCOCCC)C(C)CCC. The normalized spacial score (nSPS) is 12.8. The summed E-state index contributed by atoms with van der Waals surface area (Å²) >= 11 is 0. The van der Waals surface area contributed by atoms with Gasteiger partial charge in [0.2, 0.25) is 0 Å². The third-order valence-corrected chi connectivity index (χ3v) is 3.67. The van der Waals surface area contributed by atoms with Crippen LogP contribution in [-0.2, 0) is 28.4 Å². The molecule has 0 aliphatic heterocycles. The highest BCUT2D eigenvalue weighted by Gasteiger charge is 2.17. The van der Waals surface area contributed by atoms with E-state index in [1.165, 1.54) is 0 Å². The second kappa shape index (κ2) is 21.1.